The predicted molar refractivity (Wildman–Crippen MR) is 69.3 cm³/mol. The normalized spacial score (nSPS) is 27.1. The molecule has 2 heterocycles. The van der Waals surface area contributed by atoms with Crippen LogP contribution in [-0.4, -0.2) is 34.5 Å². The summed E-state index contributed by atoms with van der Waals surface area (Å²) in [6, 6.07) is 4.00. The molecule has 5 heteroatoms. The Hall–Kier alpha value is -0.430. The van der Waals surface area contributed by atoms with Gasteiger partial charge in [0.1, 0.15) is 3.70 Å². The van der Waals surface area contributed by atoms with Crippen LogP contribution in [0.15, 0.2) is 12.1 Å². The van der Waals surface area contributed by atoms with Gasteiger partial charge in [0.05, 0.1) is 6.10 Å². The topological polar surface area (TPSA) is 49.2 Å². The summed E-state index contributed by atoms with van der Waals surface area (Å²) in [5, 5.41) is 18.2. The van der Waals surface area contributed by atoms with Crippen LogP contribution in [0.1, 0.15) is 19.3 Å². The van der Waals surface area contributed by atoms with Gasteiger partial charge >= 0.3 is 0 Å². The van der Waals surface area contributed by atoms with Crippen molar-refractivity contribution in [1.29, 1.82) is 0 Å². The molecular weight excluding hydrogens is 317 g/mol. The van der Waals surface area contributed by atoms with Gasteiger partial charge in [0.25, 0.3) is 0 Å². The van der Waals surface area contributed by atoms with Crippen molar-refractivity contribution in [3.05, 3.63) is 15.8 Å². The molecule has 0 aromatic carbocycles. The van der Waals surface area contributed by atoms with Gasteiger partial charge in [-0.05, 0) is 54.0 Å². The summed E-state index contributed by atoms with van der Waals surface area (Å²) >= 11 is 2.16. The highest BCUT2D eigenvalue weighted by atomic mass is 127. The molecule has 1 saturated heterocycles. The van der Waals surface area contributed by atoms with Crippen LogP contribution in [0.25, 0.3) is 0 Å². The third kappa shape index (κ3) is 1.79. The van der Waals surface area contributed by atoms with Crippen LogP contribution in [0.5, 0.6) is 0 Å². The van der Waals surface area contributed by atoms with E-state index in [9.17, 15) is 5.11 Å². The minimum absolute atomic E-state index is 0.111. The standard InChI is InChI=1S/C11H14IN3O/c12-9-1-2-10(14-13-9)15-6-3-8(16)11(7-15)4-5-11/h1-2,8,16H,3-7H2/t8-/m0/s1. The van der Waals surface area contributed by atoms with Crippen molar-refractivity contribution in [3.63, 3.8) is 0 Å². The van der Waals surface area contributed by atoms with Crippen LogP contribution in [0.3, 0.4) is 0 Å². The minimum atomic E-state index is -0.111. The molecule has 1 aliphatic carbocycles. The summed E-state index contributed by atoms with van der Waals surface area (Å²) in [4.78, 5) is 2.25. The van der Waals surface area contributed by atoms with Crippen molar-refractivity contribution in [2.75, 3.05) is 18.0 Å². The van der Waals surface area contributed by atoms with Crippen LogP contribution in [0.4, 0.5) is 5.82 Å². The van der Waals surface area contributed by atoms with E-state index < -0.39 is 0 Å². The number of piperidine rings is 1. The first-order valence-corrected chi connectivity index (χ1v) is 6.70. The molecular formula is C11H14IN3O. The van der Waals surface area contributed by atoms with Gasteiger partial charge in [-0.25, -0.2) is 0 Å². The Morgan fingerprint density at radius 1 is 1.38 bits per heavy atom. The highest BCUT2D eigenvalue weighted by molar-refractivity contribution is 14.1. The van der Waals surface area contributed by atoms with Crippen molar-refractivity contribution in [2.45, 2.75) is 25.4 Å². The van der Waals surface area contributed by atoms with E-state index in [4.69, 9.17) is 0 Å². The Labute approximate surface area is 108 Å². The molecule has 1 spiro atoms. The molecule has 0 radical (unpaired) electrons. The number of hydrogen-bond acceptors (Lipinski definition) is 4. The van der Waals surface area contributed by atoms with E-state index in [0.29, 0.717) is 0 Å². The number of hydrogen-bond donors (Lipinski definition) is 1. The van der Waals surface area contributed by atoms with Gasteiger partial charge in [0.15, 0.2) is 5.82 Å². The summed E-state index contributed by atoms with van der Waals surface area (Å²) in [6.07, 6.45) is 3.05. The molecule has 1 aliphatic heterocycles. The van der Waals surface area contributed by atoms with Crippen molar-refractivity contribution in [1.82, 2.24) is 10.2 Å². The molecule has 2 fully saturated rings. The summed E-state index contributed by atoms with van der Waals surface area (Å²) in [5.74, 6) is 0.943. The summed E-state index contributed by atoms with van der Waals surface area (Å²) < 4.78 is 0.916. The van der Waals surface area contributed by atoms with E-state index >= 15 is 0 Å². The second-order valence-corrected chi connectivity index (χ2v) is 5.91. The molecule has 1 N–H and O–H groups in total. The molecule has 0 bridgehead atoms. The van der Waals surface area contributed by atoms with Gasteiger partial charge in [0, 0.05) is 18.5 Å². The van der Waals surface area contributed by atoms with Crippen molar-refractivity contribution >= 4 is 28.4 Å². The lowest BCUT2D eigenvalue weighted by atomic mass is 9.91. The fourth-order valence-electron chi connectivity index (χ4n) is 2.47. The first-order valence-electron chi connectivity index (χ1n) is 5.62. The average Bonchev–Trinajstić information content (AvgIpc) is 3.05. The van der Waals surface area contributed by atoms with E-state index in [0.717, 1.165) is 41.9 Å². The largest absolute Gasteiger partial charge is 0.392 e. The maximum absolute atomic E-state index is 9.94. The molecule has 2 aliphatic rings. The molecule has 1 atom stereocenters. The Balaban J connectivity index is 1.79. The highest BCUT2D eigenvalue weighted by Crippen LogP contribution is 2.52. The Morgan fingerprint density at radius 3 is 2.81 bits per heavy atom. The first-order chi connectivity index (χ1) is 7.70. The van der Waals surface area contributed by atoms with Crippen LogP contribution < -0.4 is 4.90 Å². The molecule has 0 amide bonds. The quantitative estimate of drug-likeness (QED) is 0.791. The third-order valence-corrected chi connectivity index (χ3v) is 4.29. The second-order valence-electron chi connectivity index (χ2n) is 4.80. The molecule has 86 valence electrons. The molecule has 0 unspecified atom stereocenters. The first kappa shape index (κ1) is 10.7. The Morgan fingerprint density at radius 2 is 2.19 bits per heavy atom. The highest BCUT2D eigenvalue weighted by Gasteiger charge is 2.52. The van der Waals surface area contributed by atoms with Crippen molar-refractivity contribution in [2.24, 2.45) is 5.41 Å². The maximum atomic E-state index is 9.94. The summed E-state index contributed by atoms with van der Waals surface area (Å²) in [7, 11) is 0. The predicted octanol–water partition coefficient (Wildman–Crippen LogP) is 1.43. The number of aliphatic hydroxyl groups excluding tert-OH is 1. The Bertz CT molecular complexity index is 391. The van der Waals surface area contributed by atoms with Gasteiger partial charge < -0.3 is 10.0 Å². The number of halogens is 1. The minimum Gasteiger partial charge on any atom is -0.392 e. The maximum Gasteiger partial charge on any atom is 0.151 e. The van der Waals surface area contributed by atoms with E-state index in [2.05, 4.69) is 37.7 Å². The number of nitrogens with zero attached hydrogens (tertiary/aromatic N) is 3. The Kier molecular flexibility index (Phi) is 2.54. The lowest BCUT2D eigenvalue weighted by Gasteiger charge is -2.37. The average molecular weight is 331 g/mol. The molecule has 16 heavy (non-hydrogen) atoms. The van der Waals surface area contributed by atoms with E-state index in [-0.39, 0.29) is 11.5 Å². The fraction of sp³-hybridized carbons (Fsp3) is 0.636. The zero-order chi connectivity index (χ0) is 11.2. The third-order valence-electron chi connectivity index (χ3n) is 3.72. The van der Waals surface area contributed by atoms with E-state index in [1.807, 2.05) is 12.1 Å². The van der Waals surface area contributed by atoms with Crippen molar-refractivity contribution in [3.8, 4) is 0 Å². The monoisotopic (exact) mass is 331 g/mol. The summed E-state index contributed by atoms with van der Waals surface area (Å²) in [5.41, 5.74) is 0.170. The lowest BCUT2D eigenvalue weighted by molar-refractivity contribution is 0.0733. The molecule has 1 saturated carbocycles. The van der Waals surface area contributed by atoms with Gasteiger partial charge in [-0.1, -0.05) is 0 Å². The fourth-order valence-corrected chi connectivity index (χ4v) is 2.76. The van der Waals surface area contributed by atoms with Gasteiger partial charge in [0.2, 0.25) is 0 Å². The second kappa shape index (κ2) is 3.80. The number of aromatic nitrogens is 2. The molecule has 1 aromatic rings. The summed E-state index contributed by atoms with van der Waals surface area (Å²) in [6.45, 7) is 1.82. The number of anilines is 1. The zero-order valence-electron chi connectivity index (χ0n) is 8.93. The molecule has 4 nitrogen and oxygen atoms in total. The van der Waals surface area contributed by atoms with E-state index in [1.54, 1.807) is 0 Å². The van der Waals surface area contributed by atoms with Crippen LogP contribution in [-0.2, 0) is 0 Å². The van der Waals surface area contributed by atoms with Crippen LogP contribution >= 0.6 is 22.6 Å². The number of aliphatic hydroxyl groups is 1. The van der Waals surface area contributed by atoms with Crippen LogP contribution in [0, 0.1) is 9.12 Å². The lowest BCUT2D eigenvalue weighted by Crippen LogP contribution is -2.45. The van der Waals surface area contributed by atoms with E-state index in [1.165, 1.54) is 0 Å². The zero-order valence-corrected chi connectivity index (χ0v) is 11.1. The van der Waals surface area contributed by atoms with Gasteiger partial charge in [-0.2, -0.15) is 0 Å². The van der Waals surface area contributed by atoms with Crippen molar-refractivity contribution < 1.29 is 5.11 Å². The molecule has 1 aromatic heterocycles. The van der Waals surface area contributed by atoms with Gasteiger partial charge in [-0.15, -0.1) is 10.2 Å². The molecule has 3 rings (SSSR count). The number of rotatable bonds is 1. The smallest absolute Gasteiger partial charge is 0.151 e. The van der Waals surface area contributed by atoms with Gasteiger partial charge in [-0.3, -0.25) is 0 Å². The van der Waals surface area contributed by atoms with Crippen LogP contribution in [0.2, 0.25) is 0 Å². The SMILES string of the molecule is O[C@H]1CCN(c2ccc(I)nn2)CC12CC2.